The molecule has 1 atom stereocenters. The summed E-state index contributed by atoms with van der Waals surface area (Å²) in [6.07, 6.45) is 5.75. The summed E-state index contributed by atoms with van der Waals surface area (Å²) in [6.45, 7) is 6.37. The second kappa shape index (κ2) is 5.30. The molecule has 0 spiro atoms. The van der Waals surface area contributed by atoms with Gasteiger partial charge < -0.3 is 9.47 Å². The molecular formula is C13H19N5S. The van der Waals surface area contributed by atoms with E-state index < -0.39 is 0 Å². The molecule has 19 heavy (non-hydrogen) atoms. The van der Waals surface area contributed by atoms with Crippen molar-refractivity contribution in [3.63, 3.8) is 0 Å². The van der Waals surface area contributed by atoms with Crippen LogP contribution in [0.4, 0.5) is 5.13 Å². The van der Waals surface area contributed by atoms with Crippen molar-refractivity contribution in [2.75, 3.05) is 24.5 Å². The third-order valence-electron chi connectivity index (χ3n) is 3.66. The molecule has 1 fully saturated rings. The number of aromatic nitrogens is 3. The predicted octanol–water partition coefficient (Wildman–Crippen LogP) is 1.59. The number of thiazole rings is 1. The van der Waals surface area contributed by atoms with Gasteiger partial charge >= 0.3 is 0 Å². The molecule has 2 aromatic rings. The van der Waals surface area contributed by atoms with Crippen molar-refractivity contribution >= 4 is 16.5 Å². The molecule has 0 aromatic carbocycles. The molecule has 0 N–H and O–H groups in total. The highest BCUT2D eigenvalue weighted by Crippen LogP contribution is 2.23. The van der Waals surface area contributed by atoms with Gasteiger partial charge in [-0.15, -0.1) is 11.3 Å². The van der Waals surface area contributed by atoms with Gasteiger partial charge in [0.25, 0.3) is 0 Å². The number of hydrogen-bond donors (Lipinski definition) is 0. The maximum atomic E-state index is 4.41. The molecule has 3 rings (SSSR count). The van der Waals surface area contributed by atoms with Gasteiger partial charge in [0.15, 0.2) is 5.13 Å². The minimum absolute atomic E-state index is 0.500. The van der Waals surface area contributed by atoms with Gasteiger partial charge in [0.1, 0.15) is 5.82 Å². The highest BCUT2D eigenvalue weighted by atomic mass is 32.1. The minimum atomic E-state index is 0.500. The van der Waals surface area contributed by atoms with Gasteiger partial charge in [-0.1, -0.05) is 0 Å². The van der Waals surface area contributed by atoms with Gasteiger partial charge in [0, 0.05) is 56.7 Å². The fourth-order valence-electron chi connectivity index (χ4n) is 2.57. The van der Waals surface area contributed by atoms with Gasteiger partial charge in [0.05, 0.1) is 6.54 Å². The van der Waals surface area contributed by atoms with Crippen LogP contribution < -0.4 is 4.90 Å². The lowest BCUT2D eigenvalue weighted by Gasteiger charge is -2.39. The molecular weight excluding hydrogens is 258 g/mol. The number of anilines is 1. The lowest BCUT2D eigenvalue weighted by atomic mass is 10.2. The monoisotopic (exact) mass is 277 g/mol. The third kappa shape index (κ3) is 2.64. The normalized spacial score (nSPS) is 20.9. The second-order valence-electron chi connectivity index (χ2n) is 5.05. The Labute approximate surface area is 117 Å². The van der Waals surface area contributed by atoms with Crippen molar-refractivity contribution in [1.82, 2.24) is 19.4 Å². The Balaban J connectivity index is 1.63. The first-order chi connectivity index (χ1) is 9.24. The van der Waals surface area contributed by atoms with Crippen LogP contribution in [0.1, 0.15) is 12.7 Å². The predicted molar refractivity (Wildman–Crippen MR) is 77.4 cm³/mol. The molecule has 1 aliphatic heterocycles. The van der Waals surface area contributed by atoms with Crippen LogP contribution in [0, 0.1) is 0 Å². The number of piperazine rings is 1. The van der Waals surface area contributed by atoms with E-state index >= 15 is 0 Å². The van der Waals surface area contributed by atoms with Crippen molar-refractivity contribution in [3.8, 4) is 0 Å². The van der Waals surface area contributed by atoms with E-state index in [9.17, 15) is 0 Å². The third-order valence-corrected chi connectivity index (χ3v) is 4.47. The van der Waals surface area contributed by atoms with Crippen LogP contribution in [0.5, 0.6) is 0 Å². The zero-order chi connectivity index (χ0) is 13.2. The molecule has 5 nitrogen and oxygen atoms in total. The lowest BCUT2D eigenvalue weighted by molar-refractivity contribution is 0.214. The molecule has 2 aromatic heterocycles. The van der Waals surface area contributed by atoms with E-state index in [0.29, 0.717) is 6.04 Å². The maximum absolute atomic E-state index is 4.41. The van der Waals surface area contributed by atoms with Crippen molar-refractivity contribution < 1.29 is 0 Å². The Hall–Kier alpha value is -1.40. The van der Waals surface area contributed by atoms with Crippen molar-refractivity contribution in [2.24, 2.45) is 7.05 Å². The molecule has 1 aliphatic rings. The Morgan fingerprint density at radius 1 is 1.32 bits per heavy atom. The van der Waals surface area contributed by atoms with Crippen LogP contribution in [0.25, 0.3) is 0 Å². The van der Waals surface area contributed by atoms with E-state index in [1.807, 2.05) is 24.0 Å². The fraction of sp³-hybridized carbons (Fsp3) is 0.538. The summed E-state index contributed by atoms with van der Waals surface area (Å²) in [5.74, 6) is 1.13. The quantitative estimate of drug-likeness (QED) is 0.854. The average molecular weight is 277 g/mol. The second-order valence-corrected chi connectivity index (χ2v) is 5.92. The molecule has 0 bridgehead atoms. The van der Waals surface area contributed by atoms with Crippen LogP contribution in [-0.4, -0.2) is 45.1 Å². The smallest absolute Gasteiger partial charge is 0.185 e. The van der Waals surface area contributed by atoms with Gasteiger partial charge in [-0.25, -0.2) is 9.97 Å². The average Bonchev–Trinajstić information content (AvgIpc) is 3.02. The van der Waals surface area contributed by atoms with Gasteiger partial charge in [-0.2, -0.15) is 0 Å². The zero-order valence-corrected chi connectivity index (χ0v) is 12.2. The Kier molecular flexibility index (Phi) is 3.52. The maximum Gasteiger partial charge on any atom is 0.185 e. The van der Waals surface area contributed by atoms with Gasteiger partial charge in [-0.05, 0) is 6.92 Å². The van der Waals surface area contributed by atoms with Gasteiger partial charge in [0.2, 0.25) is 0 Å². The molecule has 102 valence electrons. The summed E-state index contributed by atoms with van der Waals surface area (Å²) in [6, 6.07) is 0.500. The minimum Gasteiger partial charge on any atom is -0.343 e. The summed E-state index contributed by atoms with van der Waals surface area (Å²) < 4.78 is 2.10. The van der Waals surface area contributed by atoms with Crippen molar-refractivity contribution in [3.05, 3.63) is 29.8 Å². The molecule has 0 saturated carbocycles. The topological polar surface area (TPSA) is 37.2 Å². The number of nitrogens with zero attached hydrogens (tertiary/aromatic N) is 5. The van der Waals surface area contributed by atoms with E-state index in [2.05, 4.69) is 38.3 Å². The van der Waals surface area contributed by atoms with Crippen molar-refractivity contribution in [2.45, 2.75) is 19.5 Å². The molecule has 0 radical (unpaired) electrons. The molecule has 0 unspecified atom stereocenters. The van der Waals surface area contributed by atoms with E-state index in [1.165, 1.54) is 0 Å². The van der Waals surface area contributed by atoms with Crippen LogP contribution in [0.2, 0.25) is 0 Å². The first kappa shape index (κ1) is 12.6. The molecule has 0 amide bonds. The number of rotatable bonds is 3. The molecule has 1 saturated heterocycles. The van der Waals surface area contributed by atoms with Gasteiger partial charge in [-0.3, -0.25) is 4.90 Å². The Bertz CT molecular complexity index is 521. The zero-order valence-electron chi connectivity index (χ0n) is 11.4. The molecule has 0 aliphatic carbocycles. The first-order valence-corrected chi connectivity index (χ1v) is 7.46. The van der Waals surface area contributed by atoms with Crippen molar-refractivity contribution in [1.29, 1.82) is 0 Å². The van der Waals surface area contributed by atoms with E-state index in [1.54, 1.807) is 11.3 Å². The Morgan fingerprint density at radius 3 is 2.84 bits per heavy atom. The number of aryl methyl sites for hydroxylation is 1. The summed E-state index contributed by atoms with van der Waals surface area (Å²) in [5.41, 5.74) is 0. The summed E-state index contributed by atoms with van der Waals surface area (Å²) in [4.78, 5) is 13.7. The standard InChI is InChI=1S/C13H19N5S/c1-11-9-17(10-12-14-3-5-16(12)2)6-7-18(11)13-15-4-8-19-13/h3-5,8,11H,6-7,9-10H2,1-2H3/t11-/m0/s1. The SMILES string of the molecule is C[C@H]1CN(Cc2nccn2C)CCN1c1nccs1. The van der Waals surface area contributed by atoms with Crippen LogP contribution in [0.15, 0.2) is 24.0 Å². The summed E-state index contributed by atoms with van der Waals surface area (Å²) >= 11 is 1.72. The lowest BCUT2D eigenvalue weighted by Crippen LogP contribution is -2.51. The molecule has 6 heteroatoms. The Morgan fingerprint density at radius 2 is 2.21 bits per heavy atom. The summed E-state index contributed by atoms with van der Waals surface area (Å²) in [5, 5.41) is 3.19. The first-order valence-electron chi connectivity index (χ1n) is 6.58. The van der Waals surface area contributed by atoms with E-state index in [-0.39, 0.29) is 0 Å². The van der Waals surface area contributed by atoms with E-state index in [0.717, 1.165) is 37.1 Å². The molecule has 3 heterocycles. The highest BCUT2D eigenvalue weighted by molar-refractivity contribution is 7.13. The van der Waals surface area contributed by atoms with E-state index in [4.69, 9.17) is 0 Å². The fourth-order valence-corrected chi connectivity index (χ4v) is 3.34. The summed E-state index contributed by atoms with van der Waals surface area (Å²) in [7, 11) is 2.05. The highest BCUT2D eigenvalue weighted by Gasteiger charge is 2.25. The van der Waals surface area contributed by atoms with Crippen LogP contribution in [0.3, 0.4) is 0 Å². The van der Waals surface area contributed by atoms with Crippen LogP contribution >= 0.6 is 11.3 Å². The largest absolute Gasteiger partial charge is 0.343 e. The van der Waals surface area contributed by atoms with Crippen LogP contribution in [-0.2, 0) is 13.6 Å². The number of imidazole rings is 1. The number of hydrogen-bond acceptors (Lipinski definition) is 5.